The van der Waals surface area contributed by atoms with E-state index < -0.39 is 5.91 Å². The Morgan fingerprint density at radius 3 is 2.56 bits per heavy atom. The Morgan fingerprint density at radius 1 is 1.28 bits per heavy atom. The van der Waals surface area contributed by atoms with Crippen molar-refractivity contribution < 1.29 is 9.53 Å². The van der Waals surface area contributed by atoms with Gasteiger partial charge >= 0.3 is 0 Å². The molecule has 1 amide bonds. The summed E-state index contributed by atoms with van der Waals surface area (Å²) in [5, 5.41) is 3.37. The zero-order valence-corrected chi connectivity index (χ0v) is 10.5. The molecule has 0 aliphatic carbocycles. The van der Waals surface area contributed by atoms with Crippen LogP contribution >= 0.6 is 0 Å². The summed E-state index contributed by atoms with van der Waals surface area (Å²) in [7, 11) is 0. The van der Waals surface area contributed by atoms with Gasteiger partial charge in [-0.3, -0.25) is 4.79 Å². The number of benzene rings is 1. The number of rotatable bonds is 5. The van der Waals surface area contributed by atoms with Crippen LogP contribution in [0, 0.1) is 5.92 Å². The molecule has 0 atom stereocenters. The number of hydrogen-bond donors (Lipinski definition) is 2. The van der Waals surface area contributed by atoms with Crippen LogP contribution in [0.2, 0.25) is 0 Å². The predicted molar refractivity (Wildman–Crippen MR) is 70.4 cm³/mol. The van der Waals surface area contributed by atoms with Gasteiger partial charge in [-0.1, -0.05) is 12.1 Å². The van der Waals surface area contributed by atoms with E-state index in [1.165, 1.54) is 18.4 Å². The number of nitrogens with two attached hydrogens (primary N) is 1. The molecule has 1 aliphatic rings. The van der Waals surface area contributed by atoms with Crippen LogP contribution in [-0.2, 0) is 11.2 Å². The van der Waals surface area contributed by atoms with Crippen molar-refractivity contribution in [2.24, 2.45) is 11.7 Å². The molecule has 1 aliphatic heterocycles. The number of carbonyl (C=O) groups is 1. The maximum atomic E-state index is 10.6. The molecule has 2 rings (SSSR count). The standard InChI is InChI=1S/C14H20N2O2/c15-14(17)10-18-13-3-1-11(2-4-13)9-12-5-7-16-8-6-12/h1-4,12,16H,5-10H2,(H2,15,17). The molecule has 1 saturated heterocycles. The lowest BCUT2D eigenvalue weighted by atomic mass is 9.91. The first-order valence-electron chi connectivity index (χ1n) is 6.45. The number of ether oxygens (including phenoxy) is 1. The largest absolute Gasteiger partial charge is 0.484 e. The summed E-state index contributed by atoms with van der Waals surface area (Å²) >= 11 is 0. The van der Waals surface area contributed by atoms with E-state index in [2.05, 4.69) is 17.4 Å². The Labute approximate surface area is 108 Å². The summed E-state index contributed by atoms with van der Waals surface area (Å²) in [6, 6.07) is 7.94. The van der Waals surface area contributed by atoms with Crippen molar-refractivity contribution in [3.05, 3.63) is 29.8 Å². The monoisotopic (exact) mass is 248 g/mol. The zero-order valence-electron chi connectivity index (χ0n) is 10.5. The minimum atomic E-state index is -0.450. The van der Waals surface area contributed by atoms with Gasteiger partial charge in [0.1, 0.15) is 5.75 Å². The fourth-order valence-electron chi connectivity index (χ4n) is 2.30. The SMILES string of the molecule is NC(=O)COc1ccc(CC2CCNCC2)cc1. The Morgan fingerprint density at radius 2 is 1.94 bits per heavy atom. The fraction of sp³-hybridized carbons (Fsp3) is 0.500. The van der Waals surface area contributed by atoms with Gasteiger partial charge in [0, 0.05) is 0 Å². The molecule has 0 aromatic heterocycles. The second-order valence-corrected chi connectivity index (χ2v) is 4.80. The van der Waals surface area contributed by atoms with Crippen LogP contribution < -0.4 is 15.8 Å². The normalized spacial score (nSPS) is 16.4. The minimum absolute atomic E-state index is 0.0619. The predicted octanol–water partition coefficient (Wildman–Crippen LogP) is 1.09. The third-order valence-corrected chi connectivity index (χ3v) is 3.29. The number of hydrogen-bond acceptors (Lipinski definition) is 3. The average molecular weight is 248 g/mol. The van der Waals surface area contributed by atoms with E-state index in [0.29, 0.717) is 5.75 Å². The quantitative estimate of drug-likeness (QED) is 0.820. The van der Waals surface area contributed by atoms with E-state index in [4.69, 9.17) is 10.5 Å². The van der Waals surface area contributed by atoms with E-state index in [1.807, 2.05) is 12.1 Å². The molecule has 1 heterocycles. The van der Waals surface area contributed by atoms with Gasteiger partial charge in [-0.05, 0) is 56.0 Å². The van der Waals surface area contributed by atoms with E-state index in [0.717, 1.165) is 25.4 Å². The Balaban J connectivity index is 1.84. The zero-order chi connectivity index (χ0) is 12.8. The molecular formula is C14H20N2O2. The number of carbonyl (C=O) groups excluding carboxylic acids is 1. The Bertz CT molecular complexity index is 383. The molecule has 4 heteroatoms. The summed E-state index contributed by atoms with van der Waals surface area (Å²) in [4.78, 5) is 10.6. The first-order valence-corrected chi connectivity index (χ1v) is 6.45. The van der Waals surface area contributed by atoms with E-state index in [-0.39, 0.29) is 6.61 Å². The van der Waals surface area contributed by atoms with Crippen molar-refractivity contribution in [3.8, 4) is 5.75 Å². The highest BCUT2D eigenvalue weighted by molar-refractivity contribution is 5.75. The first kappa shape index (κ1) is 12.9. The van der Waals surface area contributed by atoms with Gasteiger partial charge in [0.25, 0.3) is 5.91 Å². The van der Waals surface area contributed by atoms with Crippen molar-refractivity contribution in [2.75, 3.05) is 19.7 Å². The number of amides is 1. The Kier molecular flexibility index (Phi) is 4.59. The summed E-state index contributed by atoms with van der Waals surface area (Å²) in [6.07, 6.45) is 3.62. The Hall–Kier alpha value is -1.55. The van der Waals surface area contributed by atoms with Crippen molar-refractivity contribution in [1.29, 1.82) is 0 Å². The topological polar surface area (TPSA) is 64.4 Å². The van der Waals surface area contributed by atoms with Gasteiger partial charge in [0.2, 0.25) is 0 Å². The third-order valence-electron chi connectivity index (χ3n) is 3.29. The molecule has 98 valence electrons. The van der Waals surface area contributed by atoms with E-state index in [9.17, 15) is 4.79 Å². The summed E-state index contributed by atoms with van der Waals surface area (Å²) in [5.41, 5.74) is 6.35. The summed E-state index contributed by atoms with van der Waals surface area (Å²) < 4.78 is 5.23. The average Bonchev–Trinajstić information content (AvgIpc) is 2.39. The number of piperidine rings is 1. The van der Waals surface area contributed by atoms with Crippen molar-refractivity contribution >= 4 is 5.91 Å². The van der Waals surface area contributed by atoms with Gasteiger partial charge in [-0.2, -0.15) is 0 Å². The summed E-state index contributed by atoms with van der Waals surface area (Å²) in [5.74, 6) is 1.03. The molecule has 0 bridgehead atoms. The number of primary amides is 1. The molecule has 1 fully saturated rings. The van der Waals surface area contributed by atoms with Crippen LogP contribution in [0.1, 0.15) is 18.4 Å². The van der Waals surface area contributed by atoms with Crippen LogP contribution in [0.3, 0.4) is 0 Å². The second-order valence-electron chi connectivity index (χ2n) is 4.80. The smallest absolute Gasteiger partial charge is 0.255 e. The molecule has 3 N–H and O–H groups in total. The third kappa shape index (κ3) is 4.04. The maximum absolute atomic E-state index is 10.6. The van der Waals surface area contributed by atoms with Gasteiger partial charge < -0.3 is 15.8 Å². The van der Waals surface area contributed by atoms with Crippen LogP contribution in [0.25, 0.3) is 0 Å². The molecule has 0 saturated carbocycles. The highest BCUT2D eigenvalue weighted by atomic mass is 16.5. The van der Waals surface area contributed by atoms with Gasteiger partial charge in [-0.25, -0.2) is 0 Å². The fourth-order valence-corrected chi connectivity index (χ4v) is 2.30. The molecule has 1 aromatic carbocycles. The van der Waals surface area contributed by atoms with Crippen LogP contribution in [0.15, 0.2) is 24.3 Å². The van der Waals surface area contributed by atoms with E-state index >= 15 is 0 Å². The molecule has 4 nitrogen and oxygen atoms in total. The van der Waals surface area contributed by atoms with Crippen LogP contribution in [-0.4, -0.2) is 25.6 Å². The lowest BCUT2D eigenvalue weighted by molar-refractivity contribution is -0.119. The van der Waals surface area contributed by atoms with Crippen molar-refractivity contribution in [3.63, 3.8) is 0 Å². The number of nitrogens with one attached hydrogen (secondary N) is 1. The van der Waals surface area contributed by atoms with Gasteiger partial charge in [0.05, 0.1) is 0 Å². The van der Waals surface area contributed by atoms with Crippen molar-refractivity contribution in [2.45, 2.75) is 19.3 Å². The van der Waals surface area contributed by atoms with Crippen LogP contribution in [0.4, 0.5) is 0 Å². The highest BCUT2D eigenvalue weighted by Crippen LogP contribution is 2.20. The lowest BCUT2D eigenvalue weighted by Gasteiger charge is -2.22. The van der Waals surface area contributed by atoms with Gasteiger partial charge in [-0.15, -0.1) is 0 Å². The second kappa shape index (κ2) is 6.40. The van der Waals surface area contributed by atoms with Crippen molar-refractivity contribution in [1.82, 2.24) is 5.32 Å². The molecule has 18 heavy (non-hydrogen) atoms. The first-order chi connectivity index (χ1) is 8.74. The molecule has 0 spiro atoms. The molecule has 0 radical (unpaired) electrons. The highest BCUT2D eigenvalue weighted by Gasteiger charge is 2.13. The molecule has 0 unspecified atom stereocenters. The maximum Gasteiger partial charge on any atom is 0.255 e. The molecule has 1 aromatic rings. The van der Waals surface area contributed by atoms with Crippen LogP contribution in [0.5, 0.6) is 5.75 Å². The lowest BCUT2D eigenvalue weighted by Crippen LogP contribution is -2.28. The summed E-state index contributed by atoms with van der Waals surface area (Å²) in [6.45, 7) is 2.20. The minimum Gasteiger partial charge on any atom is -0.484 e. The van der Waals surface area contributed by atoms with Gasteiger partial charge in [0.15, 0.2) is 6.61 Å². The van der Waals surface area contributed by atoms with E-state index in [1.54, 1.807) is 0 Å². The molecular weight excluding hydrogens is 228 g/mol.